The zero-order chi connectivity index (χ0) is 24.6. The smallest absolute Gasteiger partial charge is 0.407 e. The third kappa shape index (κ3) is 4.52. The number of carbonyl (C=O) groups excluding carboxylic acids is 2. The zero-order valence-corrected chi connectivity index (χ0v) is 20.1. The maximum absolute atomic E-state index is 13.3. The number of ether oxygens (including phenoxy) is 1. The highest BCUT2D eigenvalue weighted by atomic mass is 16.5. The number of amides is 2. The topological polar surface area (TPSA) is 95.9 Å². The average Bonchev–Trinajstić information content (AvgIpc) is 3.33. The van der Waals surface area contributed by atoms with Crippen LogP contribution in [0.25, 0.3) is 11.1 Å². The van der Waals surface area contributed by atoms with Crippen LogP contribution in [0.3, 0.4) is 0 Å². The normalized spacial score (nSPS) is 20.4. The summed E-state index contributed by atoms with van der Waals surface area (Å²) in [6, 6.07) is 15.4. The third-order valence-electron chi connectivity index (χ3n) is 6.96. The van der Waals surface area contributed by atoms with E-state index in [4.69, 9.17) is 4.74 Å². The van der Waals surface area contributed by atoms with E-state index in [1.807, 2.05) is 52.0 Å². The van der Waals surface area contributed by atoms with Crippen LogP contribution in [0.5, 0.6) is 0 Å². The van der Waals surface area contributed by atoms with Gasteiger partial charge in [0.2, 0.25) is 5.91 Å². The van der Waals surface area contributed by atoms with Gasteiger partial charge in [-0.3, -0.25) is 9.59 Å². The van der Waals surface area contributed by atoms with Gasteiger partial charge >= 0.3 is 12.1 Å². The second-order valence-corrected chi connectivity index (χ2v) is 10.4. The summed E-state index contributed by atoms with van der Waals surface area (Å²) < 4.78 is 5.64. The fraction of sp³-hybridized carbons (Fsp3) is 0.444. The quantitative estimate of drug-likeness (QED) is 0.694. The van der Waals surface area contributed by atoms with E-state index in [0.29, 0.717) is 6.54 Å². The van der Waals surface area contributed by atoms with E-state index >= 15 is 0 Å². The van der Waals surface area contributed by atoms with Gasteiger partial charge in [0.1, 0.15) is 12.6 Å². The Morgan fingerprint density at radius 2 is 1.59 bits per heavy atom. The zero-order valence-electron chi connectivity index (χ0n) is 20.1. The Kier molecular flexibility index (Phi) is 6.39. The molecule has 1 heterocycles. The number of rotatable bonds is 5. The van der Waals surface area contributed by atoms with Gasteiger partial charge < -0.3 is 20.1 Å². The van der Waals surface area contributed by atoms with Crippen LogP contribution in [0.4, 0.5) is 4.79 Å². The summed E-state index contributed by atoms with van der Waals surface area (Å²) in [5.41, 5.74) is 3.95. The molecule has 0 spiro atoms. The number of hydrogen-bond donors (Lipinski definition) is 2. The molecule has 2 aromatic carbocycles. The van der Waals surface area contributed by atoms with Gasteiger partial charge in [0, 0.05) is 19.0 Å². The van der Waals surface area contributed by atoms with Crippen molar-refractivity contribution in [3.8, 4) is 11.1 Å². The van der Waals surface area contributed by atoms with Crippen LogP contribution in [0, 0.1) is 17.3 Å². The number of carboxylic acids is 1. The highest BCUT2D eigenvalue weighted by Crippen LogP contribution is 2.44. The fourth-order valence-corrected chi connectivity index (χ4v) is 5.06. The molecule has 4 rings (SSSR count). The Morgan fingerprint density at radius 1 is 1.03 bits per heavy atom. The molecule has 1 aliphatic carbocycles. The molecule has 7 heteroatoms. The molecule has 3 atom stereocenters. The molecule has 2 aromatic rings. The molecule has 0 unspecified atom stereocenters. The Hall–Kier alpha value is -3.35. The molecule has 0 saturated carbocycles. The van der Waals surface area contributed by atoms with Gasteiger partial charge in [-0.2, -0.15) is 0 Å². The second-order valence-electron chi connectivity index (χ2n) is 10.4. The van der Waals surface area contributed by atoms with E-state index in [2.05, 4.69) is 29.6 Å². The summed E-state index contributed by atoms with van der Waals surface area (Å²) in [5.74, 6) is -2.00. The van der Waals surface area contributed by atoms with Crippen molar-refractivity contribution in [1.82, 2.24) is 10.2 Å². The van der Waals surface area contributed by atoms with Crippen molar-refractivity contribution in [1.29, 1.82) is 0 Å². The van der Waals surface area contributed by atoms with Crippen LogP contribution in [0.2, 0.25) is 0 Å². The van der Waals surface area contributed by atoms with Crippen molar-refractivity contribution in [2.45, 2.75) is 39.7 Å². The fourth-order valence-electron chi connectivity index (χ4n) is 5.06. The first-order valence-corrected chi connectivity index (χ1v) is 11.7. The van der Waals surface area contributed by atoms with Gasteiger partial charge in [-0.1, -0.05) is 76.2 Å². The molecule has 180 valence electrons. The summed E-state index contributed by atoms with van der Waals surface area (Å²) in [6.07, 6.45) is -0.655. The number of nitrogens with zero attached hydrogens (tertiary/aromatic N) is 1. The minimum Gasteiger partial charge on any atom is -0.481 e. The number of alkyl carbamates (subject to hydrolysis) is 1. The van der Waals surface area contributed by atoms with Crippen LogP contribution in [0.1, 0.15) is 44.7 Å². The summed E-state index contributed by atoms with van der Waals surface area (Å²) >= 11 is 0. The molecular weight excluding hydrogens is 432 g/mol. The van der Waals surface area contributed by atoms with E-state index in [1.165, 1.54) is 0 Å². The van der Waals surface area contributed by atoms with Crippen LogP contribution in [0.15, 0.2) is 48.5 Å². The average molecular weight is 465 g/mol. The number of nitrogens with one attached hydrogen (secondary N) is 1. The SMILES string of the molecule is C[C@@H]1CN(C(=O)[C@H](NC(=O)OCC2c3ccccc3-c3ccccc32)C(C)(C)C)C[C@H]1C(=O)O. The molecule has 7 nitrogen and oxygen atoms in total. The van der Waals surface area contributed by atoms with E-state index < -0.39 is 29.4 Å². The number of carboxylic acid groups (broad SMARTS) is 1. The molecule has 0 aromatic heterocycles. The molecule has 2 aliphatic rings. The van der Waals surface area contributed by atoms with Crippen molar-refractivity contribution in [3.63, 3.8) is 0 Å². The lowest BCUT2D eigenvalue weighted by Crippen LogP contribution is -2.54. The first-order chi connectivity index (χ1) is 16.1. The van der Waals surface area contributed by atoms with Crippen LogP contribution in [-0.2, 0) is 14.3 Å². The lowest BCUT2D eigenvalue weighted by atomic mass is 9.86. The highest BCUT2D eigenvalue weighted by molar-refractivity contribution is 5.87. The van der Waals surface area contributed by atoms with Gasteiger partial charge in [-0.25, -0.2) is 4.79 Å². The molecule has 0 bridgehead atoms. The van der Waals surface area contributed by atoms with E-state index in [9.17, 15) is 19.5 Å². The number of hydrogen-bond acceptors (Lipinski definition) is 4. The van der Waals surface area contributed by atoms with E-state index in [1.54, 1.807) is 4.90 Å². The van der Waals surface area contributed by atoms with Crippen LogP contribution >= 0.6 is 0 Å². The largest absolute Gasteiger partial charge is 0.481 e. The van der Waals surface area contributed by atoms with Crippen LogP contribution in [-0.4, -0.2) is 53.7 Å². The molecule has 0 radical (unpaired) electrons. The van der Waals surface area contributed by atoms with E-state index in [0.717, 1.165) is 22.3 Å². The van der Waals surface area contributed by atoms with Gasteiger partial charge in [-0.05, 0) is 33.6 Å². The molecule has 2 amide bonds. The Labute approximate surface area is 200 Å². The van der Waals surface area contributed by atoms with Crippen molar-refractivity contribution in [2.75, 3.05) is 19.7 Å². The molecule has 1 aliphatic heterocycles. The van der Waals surface area contributed by atoms with Crippen LogP contribution < -0.4 is 5.32 Å². The van der Waals surface area contributed by atoms with Crippen molar-refractivity contribution >= 4 is 18.0 Å². The summed E-state index contributed by atoms with van der Waals surface area (Å²) in [7, 11) is 0. The third-order valence-corrected chi connectivity index (χ3v) is 6.96. The number of aliphatic carboxylic acids is 1. The molecule has 34 heavy (non-hydrogen) atoms. The lowest BCUT2D eigenvalue weighted by molar-refractivity contribution is -0.142. The predicted molar refractivity (Wildman–Crippen MR) is 128 cm³/mol. The van der Waals surface area contributed by atoms with Crippen molar-refractivity contribution in [2.24, 2.45) is 17.3 Å². The molecule has 1 fully saturated rings. The second kappa shape index (κ2) is 9.12. The lowest BCUT2D eigenvalue weighted by Gasteiger charge is -2.33. The number of benzene rings is 2. The maximum atomic E-state index is 13.3. The van der Waals surface area contributed by atoms with Crippen molar-refractivity contribution in [3.05, 3.63) is 59.7 Å². The molecule has 2 N–H and O–H groups in total. The monoisotopic (exact) mass is 464 g/mol. The van der Waals surface area contributed by atoms with Crippen molar-refractivity contribution < 1.29 is 24.2 Å². The number of likely N-dealkylation sites (tertiary alicyclic amines) is 1. The molecule has 1 saturated heterocycles. The Bertz CT molecular complexity index is 1060. The Morgan fingerprint density at radius 3 is 2.09 bits per heavy atom. The first-order valence-electron chi connectivity index (χ1n) is 11.7. The standard InChI is InChI=1S/C27H32N2O5/c1-16-13-29(14-21(16)25(31)32)24(30)23(27(2,3)4)28-26(33)34-15-22-19-11-7-5-9-17(19)18-10-6-8-12-20(18)22/h5-12,16,21-23H,13-15H2,1-4H3,(H,28,33)(H,31,32)/t16-,21-,23+/m1/s1. The van der Waals surface area contributed by atoms with Gasteiger partial charge in [0.25, 0.3) is 0 Å². The van der Waals surface area contributed by atoms with Gasteiger partial charge in [0.15, 0.2) is 0 Å². The van der Waals surface area contributed by atoms with Gasteiger partial charge in [0.05, 0.1) is 5.92 Å². The summed E-state index contributed by atoms with van der Waals surface area (Å²) in [4.78, 5) is 39.2. The number of fused-ring (bicyclic) bond motifs is 3. The highest BCUT2D eigenvalue weighted by Gasteiger charge is 2.42. The summed E-state index contributed by atoms with van der Waals surface area (Å²) in [6.45, 7) is 8.10. The van der Waals surface area contributed by atoms with Gasteiger partial charge in [-0.15, -0.1) is 0 Å². The maximum Gasteiger partial charge on any atom is 0.407 e. The minimum atomic E-state index is -0.903. The van der Waals surface area contributed by atoms with E-state index in [-0.39, 0.29) is 30.9 Å². The number of carbonyl (C=O) groups is 3. The summed E-state index contributed by atoms with van der Waals surface area (Å²) in [5, 5.41) is 12.2. The first kappa shape index (κ1) is 23.8. The molecular formula is C27H32N2O5. The minimum absolute atomic E-state index is 0.0716. The predicted octanol–water partition coefficient (Wildman–Crippen LogP) is 4.12. The Balaban J connectivity index is 1.45.